The zero-order chi connectivity index (χ0) is 23.4. The lowest BCUT2D eigenvalue weighted by molar-refractivity contribution is -0.129. The second-order valence-corrected chi connectivity index (χ2v) is 9.17. The van der Waals surface area contributed by atoms with Crippen molar-refractivity contribution in [3.63, 3.8) is 0 Å². The predicted octanol–water partition coefficient (Wildman–Crippen LogP) is 3.98. The fourth-order valence-electron chi connectivity index (χ4n) is 5.01. The molecule has 178 valence electrons. The van der Waals surface area contributed by atoms with Crippen LogP contribution in [0.3, 0.4) is 0 Å². The van der Waals surface area contributed by atoms with Crippen LogP contribution in [-0.4, -0.2) is 46.8 Å². The molecule has 1 aromatic carbocycles. The van der Waals surface area contributed by atoms with Crippen LogP contribution in [0.15, 0.2) is 18.2 Å². The monoisotopic (exact) mass is 455 g/mol. The highest BCUT2D eigenvalue weighted by Gasteiger charge is 2.26. The van der Waals surface area contributed by atoms with E-state index in [1.165, 1.54) is 19.3 Å². The minimum absolute atomic E-state index is 0.0143. The van der Waals surface area contributed by atoms with Crippen LogP contribution in [0.4, 0.5) is 5.69 Å². The van der Waals surface area contributed by atoms with Crippen molar-refractivity contribution in [3.05, 3.63) is 29.5 Å². The molecule has 0 bridgehead atoms. The first-order chi connectivity index (χ1) is 15.9. The number of rotatable bonds is 7. The van der Waals surface area contributed by atoms with Gasteiger partial charge in [-0.1, -0.05) is 25.3 Å². The molecule has 8 nitrogen and oxygen atoms in total. The molecule has 4 rings (SSSR count). The van der Waals surface area contributed by atoms with Crippen molar-refractivity contribution in [2.75, 3.05) is 12.3 Å². The lowest BCUT2D eigenvalue weighted by atomic mass is 9.92. The molecule has 1 heterocycles. The number of hydrogen-bond acceptors (Lipinski definition) is 6. The van der Waals surface area contributed by atoms with Gasteiger partial charge in [0.1, 0.15) is 17.9 Å². The molecule has 2 aliphatic carbocycles. The summed E-state index contributed by atoms with van der Waals surface area (Å²) < 4.78 is 12.0. The highest BCUT2D eigenvalue weighted by molar-refractivity contribution is 6.06. The standard InChI is InChI=1S/C25H33N3O5/c1-15-22(25(30)31)24(26)23-19(27-15)8-5-9-20(23)33-18-12-10-16(11-13-18)28-21(29)14-32-17-6-3-2-4-7-17/h5,8-9,16-18H,2-4,6-7,10-14H2,1H3,(H2,26,27)(H,28,29)(H,30,31)/t16-,18-. The first-order valence-corrected chi connectivity index (χ1v) is 11.9. The molecule has 0 atom stereocenters. The van der Waals surface area contributed by atoms with Gasteiger partial charge in [0.2, 0.25) is 5.91 Å². The van der Waals surface area contributed by atoms with E-state index in [2.05, 4.69) is 10.3 Å². The van der Waals surface area contributed by atoms with E-state index in [1.807, 2.05) is 6.07 Å². The van der Waals surface area contributed by atoms with Crippen LogP contribution in [-0.2, 0) is 9.53 Å². The number of ether oxygens (including phenoxy) is 2. The molecule has 2 aliphatic rings. The van der Waals surface area contributed by atoms with Crippen LogP contribution in [0.2, 0.25) is 0 Å². The first-order valence-electron chi connectivity index (χ1n) is 11.9. The van der Waals surface area contributed by atoms with Gasteiger partial charge >= 0.3 is 5.97 Å². The third-order valence-electron chi connectivity index (χ3n) is 6.74. The number of nitrogens with two attached hydrogens (primary N) is 1. The van der Waals surface area contributed by atoms with Crippen molar-refractivity contribution in [2.45, 2.75) is 83.0 Å². The van der Waals surface area contributed by atoms with Crippen LogP contribution in [0, 0.1) is 6.92 Å². The first kappa shape index (κ1) is 23.3. The maximum absolute atomic E-state index is 12.3. The molecule has 0 unspecified atom stereocenters. The number of aromatic nitrogens is 1. The van der Waals surface area contributed by atoms with E-state index in [4.69, 9.17) is 15.2 Å². The number of nitrogens with one attached hydrogen (secondary N) is 1. The normalized spacial score (nSPS) is 21.6. The molecule has 2 aromatic rings. The maximum atomic E-state index is 12.3. The van der Waals surface area contributed by atoms with Gasteiger partial charge in [-0.3, -0.25) is 9.78 Å². The molecule has 2 fully saturated rings. The SMILES string of the molecule is Cc1nc2cccc(O[C@H]3CC[C@H](NC(=O)COC4CCCCC4)CC3)c2c(N)c1C(=O)O. The van der Waals surface area contributed by atoms with E-state index in [9.17, 15) is 14.7 Å². The third-order valence-corrected chi connectivity index (χ3v) is 6.74. The lowest BCUT2D eigenvalue weighted by Gasteiger charge is -2.30. The second-order valence-electron chi connectivity index (χ2n) is 9.17. The van der Waals surface area contributed by atoms with Crippen LogP contribution in [0.25, 0.3) is 10.9 Å². The molecule has 1 aromatic heterocycles. The van der Waals surface area contributed by atoms with Gasteiger partial charge in [-0.2, -0.15) is 0 Å². The molecular formula is C25H33N3O5. The van der Waals surface area contributed by atoms with Gasteiger partial charge in [-0.25, -0.2) is 4.79 Å². The number of carboxylic acid groups (broad SMARTS) is 1. The zero-order valence-corrected chi connectivity index (χ0v) is 19.1. The predicted molar refractivity (Wildman–Crippen MR) is 125 cm³/mol. The van der Waals surface area contributed by atoms with Crippen LogP contribution >= 0.6 is 0 Å². The van der Waals surface area contributed by atoms with Crippen molar-refractivity contribution in [2.24, 2.45) is 0 Å². The highest BCUT2D eigenvalue weighted by Crippen LogP contribution is 2.35. The second kappa shape index (κ2) is 10.4. The maximum Gasteiger partial charge on any atom is 0.339 e. The summed E-state index contributed by atoms with van der Waals surface area (Å²) >= 11 is 0. The van der Waals surface area contributed by atoms with Gasteiger partial charge in [0, 0.05) is 6.04 Å². The Hall–Kier alpha value is -2.87. The summed E-state index contributed by atoms with van der Waals surface area (Å²) in [4.78, 5) is 28.3. The van der Waals surface area contributed by atoms with Gasteiger partial charge in [0.15, 0.2) is 0 Å². The van der Waals surface area contributed by atoms with E-state index >= 15 is 0 Å². The summed E-state index contributed by atoms with van der Waals surface area (Å²) in [5, 5.41) is 13.2. The number of aromatic carboxylic acids is 1. The smallest absolute Gasteiger partial charge is 0.339 e. The average Bonchev–Trinajstić information content (AvgIpc) is 2.79. The van der Waals surface area contributed by atoms with Gasteiger partial charge in [0.25, 0.3) is 0 Å². The number of carboxylic acids is 1. The molecule has 0 aliphatic heterocycles. The fraction of sp³-hybridized carbons (Fsp3) is 0.560. The summed E-state index contributed by atoms with van der Waals surface area (Å²) in [7, 11) is 0. The molecular weight excluding hydrogens is 422 g/mol. The Kier molecular flexibility index (Phi) is 7.33. The number of aryl methyl sites for hydroxylation is 1. The number of pyridine rings is 1. The molecule has 8 heteroatoms. The minimum atomic E-state index is -1.10. The minimum Gasteiger partial charge on any atom is -0.490 e. The van der Waals surface area contributed by atoms with Gasteiger partial charge < -0.3 is 25.6 Å². The van der Waals surface area contributed by atoms with Gasteiger partial charge in [-0.05, 0) is 57.6 Å². The number of carbonyl (C=O) groups is 2. The van der Waals surface area contributed by atoms with Crippen LogP contribution < -0.4 is 15.8 Å². The van der Waals surface area contributed by atoms with Gasteiger partial charge in [-0.15, -0.1) is 0 Å². The number of nitrogen functional groups attached to an aromatic ring is 1. The third kappa shape index (κ3) is 5.55. The fourth-order valence-corrected chi connectivity index (χ4v) is 5.01. The summed E-state index contributed by atoms with van der Waals surface area (Å²) in [6.07, 6.45) is 9.14. The van der Waals surface area contributed by atoms with Gasteiger partial charge in [0.05, 0.1) is 34.5 Å². The Morgan fingerprint density at radius 1 is 1.09 bits per heavy atom. The van der Waals surface area contributed by atoms with Crippen molar-refractivity contribution in [1.29, 1.82) is 0 Å². The molecule has 4 N–H and O–H groups in total. The molecule has 0 radical (unpaired) electrons. The number of benzene rings is 1. The Morgan fingerprint density at radius 3 is 2.52 bits per heavy atom. The Morgan fingerprint density at radius 2 is 1.82 bits per heavy atom. The summed E-state index contributed by atoms with van der Waals surface area (Å²) in [5.74, 6) is -0.597. The van der Waals surface area contributed by atoms with Crippen molar-refractivity contribution < 1.29 is 24.2 Å². The Balaban J connectivity index is 1.33. The highest BCUT2D eigenvalue weighted by atomic mass is 16.5. The number of fused-ring (bicyclic) bond motifs is 1. The molecule has 0 spiro atoms. The molecule has 33 heavy (non-hydrogen) atoms. The quantitative estimate of drug-likeness (QED) is 0.577. The molecule has 2 saturated carbocycles. The average molecular weight is 456 g/mol. The van der Waals surface area contributed by atoms with Crippen LogP contribution in [0.5, 0.6) is 5.75 Å². The van der Waals surface area contributed by atoms with Crippen molar-refractivity contribution in [3.8, 4) is 5.75 Å². The largest absolute Gasteiger partial charge is 0.490 e. The van der Waals surface area contributed by atoms with E-state index < -0.39 is 5.97 Å². The zero-order valence-electron chi connectivity index (χ0n) is 19.1. The summed E-state index contributed by atoms with van der Waals surface area (Å²) in [6.45, 7) is 1.78. The van der Waals surface area contributed by atoms with E-state index in [-0.39, 0.29) is 42.0 Å². The number of nitrogens with zero attached hydrogens (tertiary/aromatic N) is 1. The molecule has 0 saturated heterocycles. The lowest BCUT2D eigenvalue weighted by Crippen LogP contribution is -2.41. The number of amides is 1. The Labute approximate surface area is 193 Å². The summed E-state index contributed by atoms with van der Waals surface area (Å²) in [5.41, 5.74) is 7.42. The van der Waals surface area contributed by atoms with E-state index in [0.29, 0.717) is 22.3 Å². The summed E-state index contributed by atoms with van der Waals surface area (Å²) in [6, 6.07) is 5.56. The number of carbonyl (C=O) groups excluding carboxylic acids is 1. The Bertz CT molecular complexity index is 1010. The number of hydrogen-bond donors (Lipinski definition) is 3. The van der Waals surface area contributed by atoms with Crippen LogP contribution in [0.1, 0.15) is 73.8 Å². The van der Waals surface area contributed by atoms with Crippen molar-refractivity contribution in [1.82, 2.24) is 10.3 Å². The van der Waals surface area contributed by atoms with E-state index in [1.54, 1.807) is 19.1 Å². The number of anilines is 1. The van der Waals surface area contributed by atoms with E-state index in [0.717, 1.165) is 38.5 Å². The molecule has 1 amide bonds. The topological polar surface area (TPSA) is 124 Å². The van der Waals surface area contributed by atoms with Crippen molar-refractivity contribution >= 4 is 28.5 Å².